The predicted octanol–water partition coefficient (Wildman–Crippen LogP) is 6.28. The van der Waals surface area contributed by atoms with Gasteiger partial charge in [0, 0.05) is 32.7 Å². The third-order valence-electron chi connectivity index (χ3n) is 8.08. The molecule has 6 rings (SSSR count). The molecule has 1 fully saturated rings. The van der Waals surface area contributed by atoms with Crippen molar-refractivity contribution >= 4 is 6.08 Å². The Labute approximate surface area is 254 Å². The first-order valence-corrected chi connectivity index (χ1v) is 15.0. The molecule has 1 aliphatic heterocycles. The number of piperazine rings is 1. The molecule has 1 aromatic heterocycles. The predicted molar refractivity (Wildman–Crippen MR) is 171 cm³/mol. The Bertz CT molecular complexity index is 1600. The average Bonchev–Trinajstić information content (AvgIpc) is 3.51. The fourth-order valence-corrected chi connectivity index (χ4v) is 5.78. The van der Waals surface area contributed by atoms with Gasteiger partial charge >= 0.3 is 0 Å². The Morgan fingerprint density at radius 2 is 1.44 bits per heavy atom. The molecule has 0 bridgehead atoms. The monoisotopic (exact) mass is 570 g/mol. The van der Waals surface area contributed by atoms with E-state index in [9.17, 15) is 0 Å². The van der Waals surface area contributed by atoms with Gasteiger partial charge in [-0.3, -0.25) is 9.80 Å². The van der Waals surface area contributed by atoms with Crippen LogP contribution in [-0.4, -0.2) is 62.7 Å². The highest BCUT2D eigenvalue weighted by atomic mass is 16.5. The fourth-order valence-electron chi connectivity index (χ4n) is 5.78. The van der Waals surface area contributed by atoms with E-state index < -0.39 is 0 Å². The van der Waals surface area contributed by atoms with Gasteiger partial charge in [-0.15, -0.1) is 5.10 Å². The molecule has 218 valence electrons. The number of para-hydroxylation sites is 1. The lowest BCUT2D eigenvalue weighted by molar-refractivity contribution is 0.113. The summed E-state index contributed by atoms with van der Waals surface area (Å²) < 4.78 is 8.03. The highest BCUT2D eigenvalue weighted by molar-refractivity contribution is 5.49. The lowest BCUT2D eigenvalue weighted by Gasteiger charge is -2.38. The molecule has 0 N–H and O–H groups in total. The van der Waals surface area contributed by atoms with Crippen molar-refractivity contribution in [3.63, 3.8) is 0 Å². The summed E-state index contributed by atoms with van der Waals surface area (Å²) in [6.07, 6.45) is 4.47. The summed E-state index contributed by atoms with van der Waals surface area (Å²) in [7, 11) is 0. The van der Waals surface area contributed by atoms with Crippen molar-refractivity contribution in [1.82, 2.24) is 30.0 Å². The molecule has 0 radical (unpaired) electrons. The van der Waals surface area contributed by atoms with E-state index in [-0.39, 0.29) is 6.04 Å². The highest BCUT2D eigenvalue weighted by Gasteiger charge is 2.31. The van der Waals surface area contributed by atoms with Gasteiger partial charge in [-0.25, -0.2) is 0 Å². The molecule has 0 amide bonds. The molecule has 1 saturated heterocycles. The molecule has 4 aromatic carbocycles. The highest BCUT2D eigenvalue weighted by Crippen LogP contribution is 2.32. The lowest BCUT2D eigenvalue weighted by Crippen LogP contribution is -2.48. The molecule has 1 aliphatic rings. The third-order valence-corrected chi connectivity index (χ3v) is 8.08. The normalized spacial score (nSPS) is 15.1. The number of hydrogen-bond donors (Lipinski definition) is 0. The van der Waals surface area contributed by atoms with E-state index in [1.807, 2.05) is 22.9 Å². The van der Waals surface area contributed by atoms with Crippen LogP contribution in [0.25, 0.3) is 11.8 Å². The van der Waals surface area contributed by atoms with Gasteiger partial charge < -0.3 is 4.74 Å². The van der Waals surface area contributed by atoms with Crippen molar-refractivity contribution in [3.8, 4) is 11.4 Å². The molecule has 0 unspecified atom stereocenters. The number of tetrazole rings is 1. The Balaban J connectivity index is 1.23. The van der Waals surface area contributed by atoms with Crippen molar-refractivity contribution in [2.75, 3.05) is 32.7 Å². The van der Waals surface area contributed by atoms with Crippen LogP contribution in [0.1, 0.15) is 39.7 Å². The average molecular weight is 571 g/mol. The van der Waals surface area contributed by atoms with Crippen molar-refractivity contribution in [1.29, 1.82) is 0 Å². The standard InChI is InChI=1S/C36H38N6O/c1-28-11-9-12-29(2)34(28)42-36(37-38-39-42)35(32-18-20-33(21-19-32)43-27-31-15-7-4-8-16-31)41-25-23-40(24-26-41)22-10-17-30-13-5-3-6-14-30/h3-21,35H,22-27H2,1-2H3/b17-10+/t35-/m1/s1. The minimum absolute atomic E-state index is 0.0980. The molecule has 2 heterocycles. The van der Waals surface area contributed by atoms with Crippen molar-refractivity contribution in [2.45, 2.75) is 26.5 Å². The van der Waals surface area contributed by atoms with E-state index in [4.69, 9.17) is 4.74 Å². The summed E-state index contributed by atoms with van der Waals surface area (Å²) in [6.45, 7) is 9.46. The first kappa shape index (κ1) is 28.5. The molecule has 0 aliphatic carbocycles. The molecule has 0 saturated carbocycles. The molecule has 5 aromatic rings. The molecular weight excluding hydrogens is 532 g/mol. The zero-order valence-corrected chi connectivity index (χ0v) is 24.9. The SMILES string of the molecule is Cc1cccc(C)c1-n1nnnc1[C@@H](c1ccc(OCc2ccccc2)cc1)N1CCN(C/C=C/c2ccccc2)CC1. The van der Waals surface area contributed by atoms with Crippen molar-refractivity contribution in [3.05, 3.63) is 143 Å². The number of aryl methyl sites for hydroxylation is 2. The van der Waals surface area contributed by atoms with Gasteiger partial charge in [0.1, 0.15) is 12.4 Å². The van der Waals surface area contributed by atoms with Crippen LogP contribution in [0.3, 0.4) is 0 Å². The van der Waals surface area contributed by atoms with E-state index >= 15 is 0 Å². The second-order valence-corrected chi connectivity index (χ2v) is 11.1. The zero-order chi connectivity index (χ0) is 29.4. The topological polar surface area (TPSA) is 59.3 Å². The van der Waals surface area contributed by atoms with Gasteiger partial charge in [0.15, 0.2) is 5.82 Å². The number of benzene rings is 4. The van der Waals surface area contributed by atoms with Crippen LogP contribution in [0.2, 0.25) is 0 Å². The summed E-state index contributed by atoms with van der Waals surface area (Å²) in [5.41, 5.74) is 6.86. The Morgan fingerprint density at radius 3 is 2.14 bits per heavy atom. The van der Waals surface area contributed by atoms with E-state index in [1.54, 1.807) is 0 Å². The summed E-state index contributed by atoms with van der Waals surface area (Å²) in [5.74, 6) is 1.67. The van der Waals surface area contributed by atoms with Crippen LogP contribution in [0.5, 0.6) is 5.75 Å². The maximum Gasteiger partial charge on any atom is 0.178 e. The van der Waals surface area contributed by atoms with Crippen LogP contribution in [0.15, 0.2) is 109 Å². The first-order chi connectivity index (χ1) is 21.2. The molecular formula is C36H38N6O. The zero-order valence-electron chi connectivity index (χ0n) is 24.9. The Hall–Kier alpha value is -4.59. The molecule has 7 heteroatoms. The van der Waals surface area contributed by atoms with Gasteiger partial charge in [0.2, 0.25) is 0 Å². The van der Waals surface area contributed by atoms with Crippen LogP contribution in [0, 0.1) is 13.8 Å². The molecule has 1 atom stereocenters. The van der Waals surface area contributed by atoms with Crippen LogP contribution < -0.4 is 4.74 Å². The largest absolute Gasteiger partial charge is 0.489 e. The van der Waals surface area contributed by atoms with Crippen LogP contribution in [0.4, 0.5) is 0 Å². The van der Waals surface area contributed by atoms with Crippen LogP contribution >= 0.6 is 0 Å². The second-order valence-electron chi connectivity index (χ2n) is 11.1. The number of rotatable bonds is 10. The van der Waals surface area contributed by atoms with Crippen molar-refractivity contribution < 1.29 is 4.74 Å². The van der Waals surface area contributed by atoms with E-state index in [1.165, 1.54) is 5.56 Å². The summed E-state index contributed by atoms with van der Waals surface area (Å²) in [6, 6.07) is 35.4. The van der Waals surface area contributed by atoms with Gasteiger partial charge in [-0.2, -0.15) is 4.68 Å². The smallest absolute Gasteiger partial charge is 0.178 e. The van der Waals surface area contributed by atoms with Gasteiger partial charge in [-0.05, 0) is 64.2 Å². The first-order valence-electron chi connectivity index (χ1n) is 15.0. The second kappa shape index (κ2) is 13.6. The molecule has 43 heavy (non-hydrogen) atoms. The minimum Gasteiger partial charge on any atom is -0.489 e. The Morgan fingerprint density at radius 1 is 0.767 bits per heavy atom. The van der Waals surface area contributed by atoms with E-state index in [0.29, 0.717) is 6.61 Å². The minimum atomic E-state index is -0.0980. The number of aromatic nitrogens is 4. The fraction of sp³-hybridized carbons (Fsp3) is 0.250. The van der Waals surface area contributed by atoms with Crippen molar-refractivity contribution in [2.24, 2.45) is 0 Å². The van der Waals surface area contributed by atoms with Gasteiger partial charge in [-0.1, -0.05) is 103 Å². The Kier molecular flexibility index (Phi) is 9.02. The number of ether oxygens (including phenoxy) is 1. The third kappa shape index (κ3) is 6.91. The molecule has 7 nitrogen and oxygen atoms in total. The molecule has 0 spiro atoms. The summed E-state index contributed by atoms with van der Waals surface area (Å²) in [4.78, 5) is 5.01. The number of hydrogen-bond acceptors (Lipinski definition) is 6. The maximum atomic E-state index is 6.10. The van der Waals surface area contributed by atoms with Crippen LogP contribution in [-0.2, 0) is 6.61 Å². The maximum absolute atomic E-state index is 6.10. The number of nitrogens with zero attached hydrogens (tertiary/aromatic N) is 6. The summed E-state index contributed by atoms with van der Waals surface area (Å²) >= 11 is 0. The van der Waals surface area contributed by atoms with Gasteiger partial charge in [0.25, 0.3) is 0 Å². The van der Waals surface area contributed by atoms with E-state index in [2.05, 4.69) is 136 Å². The summed E-state index contributed by atoms with van der Waals surface area (Å²) in [5, 5.41) is 13.3. The van der Waals surface area contributed by atoms with Gasteiger partial charge in [0.05, 0.1) is 11.7 Å². The quantitative estimate of drug-likeness (QED) is 0.197. The van der Waals surface area contributed by atoms with E-state index in [0.717, 1.165) is 72.2 Å². The lowest BCUT2D eigenvalue weighted by atomic mass is 10.0.